The molecular weight excluding hydrogens is 250 g/mol. The Balaban J connectivity index is 1.94. The van der Waals surface area contributed by atoms with Crippen LogP contribution in [0.5, 0.6) is 0 Å². The summed E-state index contributed by atoms with van der Waals surface area (Å²) in [5.41, 5.74) is 1.88. The zero-order valence-corrected chi connectivity index (χ0v) is 12.0. The molecule has 1 aromatic carbocycles. The third-order valence-corrected chi connectivity index (χ3v) is 3.81. The minimum Gasteiger partial charge on any atom is -0.378 e. The van der Waals surface area contributed by atoms with Crippen LogP contribution < -0.4 is 0 Å². The minimum atomic E-state index is -0.640. The molecule has 106 valence electrons. The standard InChI is InChI=1S/C17H21NO2/c1-13-5-4-6-14(11-13)16(12-18)17(19)9-8-15-7-2-3-10-20-15/h4-6,11,15-16H,2-3,7-10H2,1H3. The number of benzene rings is 1. The van der Waals surface area contributed by atoms with Gasteiger partial charge in [-0.05, 0) is 38.2 Å². The van der Waals surface area contributed by atoms with E-state index in [-0.39, 0.29) is 11.9 Å². The smallest absolute Gasteiger partial charge is 0.154 e. The first-order valence-corrected chi connectivity index (χ1v) is 7.31. The summed E-state index contributed by atoms with van der Waals surface area (Å²) in [7, 11) is 0. The van der Waals surface area contributed by atoms with Crippen molar-refractivity contribution < 1.29 is 9.53 Å². The van der Waals surface area contributed by atoms with E-state index in [4.69, 9.17) is 4.74 Å². The van der Waals surface area contributed by atoms with Crippen molar-refractivity contribution in [1.29, 1.82) is 5.26 Å². The quantitative estimate of drug-likeness (QED) is 0.823. The molecule has 1 heterocycles. The van der Waals surface area contributed by atoms with Crippen molar-refractivity contribution in [3.63, 3.8) is 0 Å². The number of ether oxygens (including phenoxy) is 1. The van der Waals surface area contributed by atoms with Gasteiger partial charge in [0.05, 0.1) is 12.2 Å². The summed E-state index contributed by atoms with van der Waals surface area (Å²) in [5, 5.41) is 9.28. The number of hydrogen-bond acceptors (Lipinski definition) is 3. The van der Waals surface area contributed by atoms with Crippen molar-refractivity contribution in [2.45, 2.75) is 51.0 Å². The first-order valence-electron chi connectivity index (χ1n) is 7.31. The Bertz CT molecular complexity index is 498. The van der Waals surface area contributed by atoms with Crippen LogP contribution in [0.4, 0.5) is 0 Å². The molecule has 0 bridgehead atoms. The molecule has 0 radical (unpaired) electrons. The van der Waals surface area contributed by atoms with Crippen LogP contribution in [-0.2, 0) is 9.53 Å². The number of nitrogens with zero attached hydrogens (tertiary/aromatic N) is 1. The zero-order chi connectivity index (χ0) is 14.4. The van der Waals surface area contributed by atoms with Crippen LogP contribution in [0.1, 0.15) is 49.1 Å². The monoisotopic (exact) mass is 271 g/mol. The summed E-state index contributed by atoms with van der Waals surface area (Å²) >= 11 is 0. The Hall–Kier alpha value is -1.66. The van der Waals surface area contributed by atoms with E-state index >= 15 is 0 Å². The van der Waals surface area contributed by atoms with E-state index in [0.717, 1.165) is 37.0 Å². The van der Waals surface area contributed by atoms with Crippen LogP contribution in [0, 0.1) is 18.3 Å². The maximum Gasteiger partial charge on any atom is 0.154 e. The lowest BCUT2D eigenvalue weighted by molar-refractivity contribution is -0.120. The largest absolute Gasteiger partial charge is 0.378 e. The number of hydrogen-bond donors (Lipinski definition) is 0. The van der Waals surface area contributed by atoms with Gasteiger partial charge in [-0.15, -0.1) is 0 Å². The summed E-state index contributed by atoms with van der Waals surface area (Å²) in [4.78, 5) is 12.3. The second-order valence-electron chi connectivity index (χ2n) is 5.47. The second-order valence-corrected chi connectivity index (χ2v) is 5.47. The fourth-order valence-electron chi connectivity index (χ4n) is 2.66. The maximum absolute atomic E-state index is 12.3. The normalized spacial score (nSPS) is 20.1. The number of nitriles is 1. The predicted molar refractivity (Wildman–Crippen MR) is 77.4 cm³/mol. The SMILES string of the molecule is Cc1cccc(C(C#N)C(=O)CCC2CCCCO2)c1. The first-order chi connectivity index (χ1) is 9.70. The fraction of sp³-hybridized carbons (Fsp3) is 0.529. The molecule has 1 fully saturated rings. The van der Waals surface area contributed by atoms with Gasteiger partial charge in [-0.1, -0.05) is 29.8 Å². The van der Waals surface area contributed by atoms with Gasteiger partial charge in [-0.25, -0.2) is 0 Å². The number of Topliss-reactive ketones (excluding diaryl/α,β-unsaturated/α-hetero) is 1. The molecule has 2 atom stereocenters. The molecule has 0 spiro atoms. The molecule has 2 rings (SSSR count). The Kier molecular flexibility index (Phi) is 5.31. The molecule has 1 aromatic rings. The average Bonchev–Trinajstić information content (AvgIpc) is 2.47. The highest BCUT2D eigenvalue weighted by Crippen LogP contribution is 2.22. The molecule has 1 aliphatic rings. The van der Waals surface area contributed by atoms with Crippen molar-refractivity contribution in [2.75, 3.05) is 6.61 Å². The van der Waals surface area contributed by atoms with E-state index < -0.39 is 5.92 Å². The van der Waals surface area contributed by atoms with Gasteiger partial charge in [0, 0.05) is 13.0 Å². The summed E-state index contributed by atoms with van der Waals surface area (Å²) in [6, 6.07) is 9.79. The van der Waals surface area contributed by atoms with Gasteiger partial charge in [-0.2, -0.15) is 5.26 Å². The van der Waals surface area contributed by atoms with Crippen molar-refractivity contribution in [3.8, 4) is 6.07 Å². The fourth-order valence-corrected chi connectivity index (χ4v) is 2.66. The highest BCUT2D eigenvalue weighted by atomic mass is 16.5. The first kappa shape index (κ1) is 14.7. The molecule has 0 amide bonds. The predicted octanol–water partition coefficient (Wildman–Crippen LogP) is 3.52. The van der Waals surface area contributed by atoms with E-state index in [0.29, 0.717) is 6.42 Å². The third-order valence-electron chi connectivity index (χ3n) is 3.81. The summed E-state index contributed by atoms with van der Waals surface area (Å²) in [6.45, 7) is 2.77. The molecule has 0 aliphatic carbocycles. The number of rotatable bonds is 5. The lowest BCUT2D eigenvalue weighted by Crippen LogP contribution is -2.21. The highest BCUT2D eigenvalue weighted by molar-refractivity contribution is 5.88. The Morgan fingerprint density at radius 3 is 3.00 bits per heavy atom. The van der Waals surface area contributed by atoms with Gasteiger partial charge in [0.1, 0.15) is 5.92 Å². The van der Waals surface area contributed by atoms with Crippen LogP contribution in [0.15, 0.2) is 24.3 Å². The van der Waals surface area contributed by atoms with Crippen LogP contribution in [0.3, 0.4) is 0 Å². The summed E-state index contributed by atoms with van der Waals surface area (Å²) < 4.78 is 5.63. The van der Waals surface area contributed by atoms with Crippen LogP contribution in [0.2, 0.25) is 0 Å². The molecule has 1 saturated heterocycles. The Morgan fingerprint density at radius 2 is 2.35 bits per heavy atom. The van der Waals surface area contributed by atoms with Crippen molar-refractivity contribution >= 4 is 5.78 Å². The van der Waals surface area contributed by atoms with Gasteiger partial charge in [0.15, 0.2) is 5.78 Å². The Labute approximate surface area is 120 Å². The molecule has 2 unspecified atom stereocenters. The number of carbonyl (C=O) groups excluding carboxylic acids is 1. The third kappa shape index (κ3) is 3.91. The molecule has 0 N–H and O–H groups in total. The van der Waals surface area contributed by atoms with E-state index in [1.54, 1.807) is 0 Å². The lowest BCUT2D eigenvalue weighted by Gasteiger charge is -2.22. The molecular formula is C17H21NO2. The minimum absolute atomic E-state index is 0.00673. The van der Waals surface area contributed by atoms with Gasteiger partial charge in [0.25, 0.3) is 0 Å². The number of aryl methyl sites for hydroxylation is 1. The highest BCUT2D eigenvalue weighted by Gasteiger charge is 2.22. The van der Waals surface area contributed by atoms with Crippen molar-refractivity contribution in [1.82, 2.24) is 0 Å². The zero-order valence-electron chi connectivity index (χ0n) is 12.0. The Morgan fingerprint density at radius 1 is 1.50 bits per heavy atom. The summed E-state index contributed by atoms with van der Waals surface area (Å²) in [6.07, 6.45) is 4.70. The molecule has 0 saturated carbocycles. The molecule has 3 nitrogen and oxygen atoms in total. The maximum atomic E-state index is 12.3. The lowest BCUT2D eigenvalue weighted by atomic mass is 9.91. The van der Waals surface area contributed by atoms with E-state index in [1.165, 1.54) is 6.42 Å². The van der Waals surface area contributed by atoms with Gasteiger partial charge in [0.2, 0.25) is 0 Å². The van der Waals surface area contributed by atoms with Crippen molar-refractivity contribution in [2.24, 2.45) is 0 Å². The van der Waals surface area contributed by atoms with E-state index in [1.807, 2.05) is 31.2 Å². The van der Waals surface area contributed by atoms with Gasteiger partial charge in [-0.3, -0.25) is 4.79 Å². The molecule has 20 heavy (non-hydrogen) atoms. The molecule has 0 aromatic heterocycles. The number of carbonyl (C=O) groups is 1. The summed E-state index contributed by atoms with van der Waals surface area (Å²) in [5.74, 6) is -0.634. The van der Waals surface area contributed by atoms with Crippen LogP contribution in [-0.4, -0.2) is 18.5 Å². The molecule has 1 aliphatic heterocycles. The van der Waals surface area contributed by atoms with E-state index in [2.05, 4.69) is 6.07 Å². The van der Waals surface area contributed by atoms with Crippen LogP contribution >= 0.6 is 0 Å². The van der Waals surface area contributed by atoms with Gasteiger partial charge < -0.3 is 4.74 Å². The van der Waals surface area contributed by atoms with Gasteiger partial charge >= 0.3 is 0 Å². The number of ketones is 1. The molecule has 3 heteroatoms. The van der Waals surface area contributed by atoms with Crippen molar-refractivity contribution in [3.05, 3.63) is 35.4 Å². The second kappa shape index (κ2) is 7.21. The van der Waals surface area contributed by atoms with E-state index in [9.17, 15) is 10.1 Å². The average molecular weight is 271 g/mol. The van der Waals surface area contributed by atoms with Crippen LogP contribution in [0.25, 0.3) is 0 Å². The topological polar surface area (TPSA) is 50.1 Å².